The standard InChI is InChI=1S/C18H20N4O4/c1-26-15-5-2-11(3-6-15)20-12-4-7-16(19-10-12)17(23)21-13-8-14(9-13)22-18(24)25/h2-7,10,13-14,20,22H,8-9H2,1H3,(H,21,23)(H,24,25)/t13-,14-. The molecule has 136 valence electrons. The van der Waals surface area contributed by atoms with Crippen LogP contribution in [-0.4, -0.2) is 41.3 Å². The zero-order valence-electron chi connectivity index (χ0n) is 14.2. The average molecular weight is 356 g/mol. The predicted molar refractivity (Wildman–Crippen MR) is 96.0 cm³/mol. The molecule has 0 spiro atoms. The summed E-state index contributed by atoms with van der Waals surface area (Å²) in [6.07, 6.45) is 1.74. The molecule has 1 aliphatic carbocycles. The summed E-state index contributed by atoms with van der Waals surface area (Å²) >= 11 is 0. The molecule has 1 aromatic heterocycles. The molecule has 2 amide bonds. The molecule has 0 bridgehead atoms. The molecule has 26 heavy (non-hydrogen) atoms. The number of pyridine rings is 1. The minimum Gasteiger partial charge on any atom is -0.497 e. The zero-order chi connectivity index (χ0) is 18.5. The van der Waals surface area contributed by atoms with Crippen LogP contribution >= 0.6 is 0 Å². The number of carboxylic acid groups (broad SMARTS) is 1. The number of hydrogen-bond donors (Lipinski definition) is 4. The molecule has 8 nitrogen and oxygen atoms in total. The first-order valence-electron chi connectivity index (χ1n) is 8.21. The molecule has 0 radical (unpaired) electrons. The van der Waals surface area contributed by atoms with Crippen LogP contribution in [0.5, 0.6) is 5.75 Å². The summed E-state index contributed by atoms with van der Waals surface area (Å²) in [5, 5.41) is 17.1. The SMILES string of the molecule is COc1ccc(Nc2ccc(C(=O)N[C@H]3C[C@H](NC(=O)O)C3)nc2)cc1. The molecule has 1 saturated carbocycles. The quantitative estimate of drug-likeness (QED) is 0.632. The number of aromatic nitrogens is 1. The molecule has 0 unspecified atom stereocenters. The number of ether oxygens (including phenoxy) is 1. The first kappa shape index (κ1) is 17.5. The predicted octanol–water partition coefficient (Wildman–Crippen LogP) is 2.36. The molecule has 1 fully saturated rings. The van der Waals surface area contributed by atoms with E-state index in [1.165, 1.54) is 0 Å². The lowest BCUT2D eigenvalue weighted by atomic mass is 9.87. The van der Waals surface area contributed by atoms with E-state index in [2.05, 4.69) is 20.9 Å². The van der Waals surface area contributed by atoms with Gasteiger partial charge in [0.2, 0.25) is 0 Å². The van der Waals surface area contributed by atoms with E-state index in [0.717, 1.165) is 17.1 Å². The summed E-state index contributed by atoms with van der Waals surface area (Å²) in [6, 6.07) is 10.8. The first-order valence-corrected chi connectivity index (χ1v) is 8.21. The Balaban J connectivity index is 1.50. The van der Waals surface area contributed by atoms with Crippen molar-refractivity contribution in [2.75, 3.05) is 12.4 Å². The summed E-state index contributed by atoms with van der Waals surface area (Å²) in [5.74, 6) is 0.511. The number of nitrogens with zero attached hydrogens (tertiary/aromatic N) is 1. The summed E-state index contributed by atoms with van der Waals surface area (Å²) in [5.41, 5.74) is 1.97. The number of methoxy groups -OCH3 is 1. The van der Waals surface area contributed by atoms with Gasteiger partial charge in [-0.3, -0.25) is 4.79 Å². The van der Waals surface area contributed by atoms with Crippen LogP contribution in [0.25, 0.3) is 0 Å². The van der Waals surface area contributed by atoms with Crippen LogP contribution in [0.3, 0.4) is 0 Å². The number of rotatable bonds is 6. The largest absolute Gasteiger partial charge is 0.497 e. The Bertz CT molecular complexity index is 771. The van der Waals surface area contributed by atoms with Crippen molar-refractivity contribution in [3.8, 4) is 5.75 Å². The maximum absolute atomic E-state index is 12.2. The van der Waals surface area contributed by atoms with Gasteiger partial charge in [-0.15, -0.1) is 0 Å². The van der Waals surface area contributed by atoms with Crippen molar-refractivity contribution in [2.24, 2.45) is 0 Å². The lowest BCUT2D eigenvalue weighted by molar-refractivity contribution is 0.0897. The van der Waals surface area contributed by atoms with E-state index in [1.807, 2.05) is 24.3 Å². The highest BCUT2D eigenvalue weighted by Gasteiger charge is 2.31. The van der Waals surface area contributed by atoms with Crippen molar-refractivity contribution in [2.45, 2.75) is 24.9 Å². The van der Waals surface area contributed by atoms with E-state index in [9.17, 15) is 9.59 Å². The topological polar surface area (TPSA) is 113 Å². The molecule has 0 saturated heterocycles. The third kappa shape index (κ3) is 4.41. The van der Waals surface area contributed by atoms with Crippen LogP contribution in [0.1, 0.15) is 23.3 Å². The highest BCUT2D eigenvalue weighted by molar-refractivity contribution is 5.92. The number of carbonyl (C=O) groups excluding carboxylic acids is 1. The van der Waals surface area contributed by atoms with Gasteiger partial charge >= 0.3 is 6.09 Å². The van der Waals surface area contributed by atoms with Gasteiger partial charge in [0.25, 0.3) is 5.91 Å². The maximum atomic E-state index is 12.2. The third-order valence-electron chi connectivity index (χ3n) is 4.18. The molecule has 1 aromatic carbocycles. The molecule has 0 atom stereocenters. The van der Waals surface area contributed by atoms with Gasteiger partial charge in [-0.1, -0.05) is 0 Å². The van der Waals surface area contributed by atoms with Gasteiger partial charge in [0, 0.05) is 17.8 Å². The Morgan fingerprint density at radius 1 is 1.04 bits per heavy atom. The Labute approximate surface area is 150 Å². The normalized spacial score (nSPS) is 18.3. The van der Waals surface area contributed by atoms with Gasteiger partial charge in [0.15, 0.2) is 0 Å². The third-order valence-corrected chi connectivity index (χ3v) is 4.18. The Kier molecular flexibility index (Phi) is 5.21. The zero-order valence-corrected chi connectivity index (χ0v) is 14.2. The van der Waals surface area contributed by atoms with E-state index in [0.29, 0.717) is 18.5 Å². The molecule has 2 aromatic rings. The van der Waals surface area contributed by atoms with Gasteiger partial charge in [0.1, 0.15) is 11.4 Å². The highest BCUT2D eigenvalue weighted by atomic mass is 16.5. The van der Waals surface area contributed by atoms with E-state index >= 15 is 0 Å². The van der Waals surface area contributed by atoms with Crippen LogP contribution < -0.4 is 20.7 Å². The number of anilines is 2. The van der Waals surface area contributed by atoms with Gasteiger partial charge in [-0.2, -0.15) is 0 Å². The van der Waals surface area contributed by atoms with Crippen LogP contribution in [0.15, 0.2) is 42.6 Å². The van der Waals surface area contributed by atoms with Crippen LogP contribution in [-0.2, 0) is 0 Å². The molecule has 3 rings (SSSR count). The lowest BCUT2D eigenvalue weighted by Crippen LogP contribution is -2.53. The number of carbonyl (C=O) groups is 2. The fraction of sp³-hybridized carbons (Fsp3) is 0.278. The van der Waals surface area contributed by atoms with Gasteiger partial charge in [-0.05, 0) is 49.2 Å². The number of benzene rings is 1. The molecule has 4 N–H and O–H groups in total. The minimum absolute atomic E-state index is 0.0294. The maximum Gasteiger partial charge on any atom is 0.404 e. The minimum atomic E-state index is -1.04. The van der Waals surface area contributed by atoms with Gasteiger partial charge < -0.3 is 25.8 Å². The average Bonchev–Trinajstić information content (AvgIpc) is 2.60. The highest BCUT2D eigenvalue weighted by Crippen LogP contribution is 2.21. The number of nitrogens with one attached hydrogen (secondary N) is 3. The molecular weight excluding hydrogens is 336 g/mol. The summed E-state index contributed by atoms with van der Waals surface area (Å²) in [4.78, 5) is 26.9. The fourth-order valence-corrected chi connectivity index (χ4v) is 2.73. The Morgan fingerprint density at radius 2 is 1.69 bits per heavy atom. The lowest BCUT2D eigenvalue weighted by Gasteiger charge is -2.35. The van der Waals surface area contributed by atoms with Crippen molar-refractivity contribution in [3.05, 3.63) is 48.3 Å². The van der Waals surface area contributed by atoms with E-state index < -0.39 is 6.09 Å². The van der Waals surface area contributed by atoms with E-state index in [1.54, 1.807) is 25.4 Å². The summed E-state index contributed by atoms with van der Waals surface area (Å²) in [6.45, 7) is 0. The second-order valence-electron chi connectivity index (χ2n) is 6.07. The van der Waals surface area contributed by atoms with Crippen molar-refractivity contribution in [1.82, 2.24) is 15.6 Å². The van der Waals surface area contributed by atoms with E-state index in [4.69, 9.17) is 9.84 Å². The van der Waals surface area contributed by atoms with Crippen LogP contribution in [0, 0.1) is 0 Å². The van der Waals surface area contributed by atoms with Crippen molar-refractivity contribution in [3.63, 3.8) is 0 Å². The number of amides is 2. The first-order chi connectivity index (χ1) is 12.5. The van der Waals surface area contributed by atoms with Crippen molar-refractivity contribution < 1.29 is 19.4 Å². The molecule has 1 aliphatic rings. The van der Waals surface area contributed by atoms with Crippen LogP contribution in [0.4, 0.5) is 16.2 Å². The van der Waals surface area contributed by atoms with Gasteiger partial charge in [-0.25, -0.2) is 9.78 Å². The fourth-order valence-electron chi connectivity index (χ4n) is 2.73. The van der Waals surface area contributed by atoms with Gasteiger partial charge in [0.05, 0.1) is 19.0 Å². The van der Waals surface area contributed by atoms with E-state index in [-0.39, 0.29) is 18.0 Å². The molecule has 8 heteroatoms. The number of hydrogen-bond acceptors (Lipinski definition) is 5. The van der Waals surface area contributed by atoms with Crippen LogP contribution in [0.2, 0.25) is 0 Å². The van der Waals surface area contributed by atoms with Crippen molar-refractivity contribution in [1.29, 1.82) is 0 Å². The molecule has 0 aliphatic heterocycles. The molecule has 1 heterocycles. The summed E-state index contributed by atoms with van der Waals surface area (Å²) < 4.78 is 5.11. The Hall–Kier alpha value is -3.29. The summed E-state index contributed by atoms with van der Waals surface area (Å²) in [7, 11) is 1.61. The molecular formula is C18H20N4O4. The van der Waals surface area contributed by atoms with Crippen molar-refractivity contribution >= 4 is 23.4 Å². The smallest absolute Gasteiger partial charge is 0.404 e. The Morgan fingerprint density at radius 3 is 2.27 bits per heavy atom. The second kappa shape index (κ2) is 7.73. The monoisotopic (exact) mass is 356 g/mol. The second-order valence-corrected chi connectivity index (χ2v) is 6.07.